The van der Waals surface area contributed by atoms with E-state index in [0.717, 1.165) is 38.5 Å². The van der Waals surface area contributed by atoms with E-state index in [4.69, 9.17) is 24.3 Å². The normalized spacial score (nSPS) is 13.5. The zero-order chi connectivity index (χ0) is 36.1. The van der Waals surface area contributed by atoms with E-state index in [9.17, 15) is 19.0 Å². The number of unbranched alkanes of at least 4 members (excludes halogenated alkanes) is 23. The second-order valence-corrected chi connectivity index (χ2v) is 15.0. The quantitative estimate of drug-likeness (QED) is 0.0277. The van der Waals surface area contributed by atoms with Gasteiger partial charge in [0.25, 0.3) is 0 Å². The Bertz CT molecular complexity index is 825. The molecule has 0 bridgehead atoms. The summed E-state index contributed by atoms with van der Waals surface area (Å²) in [6.45, 7) is 3.71. The van der Waals surface area contributed by atoms with Gasteiger partial charge in [0.1, 0.15) is 6.61 Å². The van der Waals surface area contributed by atoms with Crippen molar-refractivity contribution in [3.63, 3.8) is 0 Å². The average molecular weight is 718 g/mol. The van der Waals surface area contributed by atoms with Crippen molar-refractivity contribution in [3.05, 3.63) is 12.2 Å². The van der Waals surface area contributed by atoms with Crippen molar-refractivity contribution in [1.82, 2.24) is 0 Å². The Hall–Kier alpha value is -1.25. The number of carbonyl (C=O) groups is 2. The number of phosphoric ester groups is 1. The molecular formula is C39H76NO8P. The van der Waals surface area contributed by atoms with Gasteiger partial charge in [0.05, 0.1) is 13.2 Å². The molecule has 10 heteroatoms. The third-order valence-corrected chi connectivity index (χ3v) is 9.64. The van der Waals surface area contributed by atoms with Gasteiger partial charge in [-0.15, -0.1) is 0 Å². The predicted molar refractivity (Wildman–Crippen MR) is 201 cm³/mol. The number of nitrogens with two attached hydrogens (primary N) is 1. The number of rotatable bonds is 38. The van der Waals surface area contributed by atoms with E-state index < -0.39 is 26.5 Å². The lowest BCUT2D eigenvalue weighted by atomic mass is 10.1. The minimum atomic E-state index is -4.36. The average Bonchev–Trinajstić information content (AvgIpc) is 3.08. The van der Waals surface area contributed by atoms with Crippen molar-refractivity contribution in [2.75, 3.05) is 26.4 Å². The molecule has 0 heterocycles. The van der Waals surface area contributed by atoms with Crippen molar-refractivity contribution in [2.45, 2.75) is 200 Å². The van der Waals surface area contributed by atoms with Crippen LogP contribution in [0.15, 0.2) is 12.2 Å². The molecule has 0 spiro atoms. The maximum atomic E-state index is 12.5. The van der Waals surface area contributed by atoms with Crippen LogP contribution in [0.1, 0.15) is 194 Å². The Morgan fingerprint density at radius 2 is 1.00 bits per heavy atom. The zero-order valence-electron chi connectivity index (χ0n) is 31.7. The summed E-state index contributed by atoms with van der Waals surface area (Å²) in [6, 6.07) is 0. The van der Waals surface area contributed by atoms with E-state index in [-0.39, 0.29) is 38.6 Å². The van der Waals surface area contributed by atoms with Crippen molar-refractivity contribution < 1.29 is 37.6 Å². The fraction of sp³-hybridized carbons (Fsp3) is 0.897. The van der Waals surface area contributed by atoms with Gasteiger partial charge in [-0.25, -0.2) is 4.57 Å². The molecule has 0 fully saturated rings. The molecule has 0 aliphatic heterocycles. The number of carbonyl (C=O) groups excluding carboxylic acids is 2. The van der Waals surface area contributed by atoms with E-state index in [0.29, 0.717) is 6.42 Å². The second-order valence-electron chi connectivity index (χ2n) is 13.5. The molecule has 2 atom stereocenters. The van der Waals surface area contributed by atoms with Crippen LogP contribution in [-0.4, -0.2) is 49.3 Å². The highest BCUT2D eigenvalue weighted by Gasteiger charge is 2.26. The van der Waals surface area contributed by atoms with Crippen LogP contribution in [-0.2, 0) is 32.7 Å². The molecule has 0 saturated heterocycles. The summed E-state index contributed by atoms with van der Waals surface area (Å²) in [5.41, 5.74) is 5.33. The minimum absolute atomic E-state index is 0.0556. The summed E-state index contributed by atoms with van der Waals surface area (Å²) in [4.78, 5) is 34.7. The van der Waals surface area contributed by atoms with Gasteiger partial charge in [-0.3, -0.25) is 18.6 Å². The van der Waals surface area contributed by atoms with Crippen LogP contribution in [0.2, 0.25) is 0 Å². The molecule has 49 heavy (non-hydrogen) atoms. The number of ether oxygens (including phenoxy) is 2. The summed E-state index contributed by atoms with van der Waals surface area (Å²) < 4.78 is 32.6. The molecule has 0 radical (unpaired) electrons. The molecule has 0 aromatic heterocycles. The van der Waals surface area contributed by atoms with Gasteiger partial charge < -0.3 is 20.1 Å². The van der Waals surface area contributed by atoms with Crippen molar-refractivity contribution in [1.29, 1.82) is 0 Å². The van der Waals surface area contributed by atoms with Crippen LogP contribution in [0.3, 0.4) is 0 Å². The molecule has 0 aliphatic carbocycles. The van der Waals surface area contributed by atoms with Crippen molar-refractivity contribution in [3.8, 4) is 0 Å². The summed E-state index contributed by atoms with van der Waals surface area (Å²) >= 11 is 0. The Labute approximate surface area is 300 Å². The van der Waals surface area contributed by atoms with Crippen LogP contribution in [0.25, 0.3) is 0 Å². The third kappa shape index (κ3) is 36.3. The van der Waals surface area contributed by atoms with Gasteiger partial charge in [0.15, 0.2) is 6.10 Å². The summed E-state index contributed by atoms with van der Waals surface area (Å²) in [5, 5.41) is 0. The topological polar surface area (TPSA) is 134 Å². The maximum absolute atomic E-state index is 12.5. The predicted octanol–water partition coefficient (Wildman–Crippen LogP) is 11.1. The van der Waals surface area contributed by atoms with E-state index in [2.05, 4.69) is 26.0 Å². The monoisotopic (exact) mass is 718 g/mol. The van der Waals surface area contributed by atoms with Gasteiger partial charge >= 0.3 is 19.8 Å². The van der Waals surface area contributed by atoms with Gasteiger partial charge in [-0.1, -0.05) is 154 Å². The highest BCUT2D eigenvalue weighted by molar-refractivity contribution is 7.47. The highest BCUT2D eigenvalue weighted by Crippen LogP contribution is 2.43. The van der Waals surface area contributed by atoms with Crippen molar-refractivity contribution in [2.24, 2.45) is 5.73 Å². The molecule has 290 valence electrons. The first-order valence-corrected chi connectivity index (χ1v) is 21.7. The third-order valence-electron chi connectivity index (χ3n) is 8.65. The lowest BCUT2D eigenvalue weighted by Crippen LogP contribution is -2.29. The van der Waals surface area contributed by atoms with Crippen LogP contribution >= 0.6 is 7.82 Å². The Kier molecular flexibility index (Phi) is 35.6. The Morgan fingerprint density at radius 3 is 1.45 bits per heavy atom. The molecule has 0 amide bonds. The van der Waals surface area contributed by atoms with E-state index >= 15 is 0 Å². The van der Waals surface area contributed by atoms with Crippen LogP contribution in [0, 0.1) is 0 Å². The molecule has 0 saturated carbocycles. The fourth-order valence-electron chi connectivity index (χ4n) is 5.63. The van der Waals surface area contributed by atoms with E-state index in [1.807, 2.05) is 0 Å². The van der Waals surface area contributed by atoms with E-state index in [1.165, 1.54) is 122 Å². The lowest BCUT2D eigenvalue weighted by molar-refractivity contribution is -0.161. The van der Waals surface area contributed by atoms with Crippen LogP contribution < -0.4 is 5.73 Å². The SMILES string of the molecule is CCCCCCCC/C=C/CCCCCCCCCCCC(=O)O[C@H](COC(=O)CCCCCCCCCCC)COP(=O)(O)OCCN. The molecular weight excluding hydrogens is 641 g/mol. The van der Waals surface area contributed by atoms with Crippen LogP contribution in [0.4, 0.5) is 0 Å². The molecule has 0 aromatic carbocycles. The fourth-order valence-corrected chi connectivity index (χ4v) is 6.39. The smallest absolute Gasteiger partial charge is 0.462 e. The summed E-state index contributed by atoms with van der Waals surface area (Å²) in [5.74, 6) is -0.827. The Morgan fingerprint density at radius 1 is 0.592 bits per heavy atom. The number of phosphoric acid groups is 1. The van der Waals surface area contributed by atoms with Crippen molar-refractivity contribution >= 4 is 19.8 Å². The first-order valence-electron chi connectivity index (χ1n) is 20.2. The minimum Gasteiger partial charge on any atom is -0.462 e. The second kappa shape index (κ2) is 36.5. The van der Waals surface area contributed by atoms with Gasteiger partial charge in [0, 0.05) is 19.4 Å². The largest absolute Gasteiger partial charge is 0.472 e. The number of hydrogen-bond acceptors (Lipinski definition) is 8. The summed E-state index contributed by atoms with van der Waals surface area (Å²) in [7, 11) is -4.36. The zero-order valence-corrected chi connectivity index (χ0v) is 32.6. The maximum Gasteiger partial charge on any atom is 0.472 e. The standard InChI is InChI=1S/C39H76NO8P/c1-3-5-7-9-11-13-14-15-16-17-18-19-20-21-22-24-26-28-30-32-39(42)48-37(36-47-49(43,44)46-34-33-40)35-45-38(41)31-29-27-25-23-12-10-8-6-4-2/h15-16,37H,3-14,17-36,40H2,1-2H3,(H,43,44)/b16-15+/t37-/m1/s1. The van der Waals surface area contributed by atoms with Gasteiger partial charge in [-0.2, -0.15) is 0 Å². The number of hydrogen-bond donors (Lipinski definition) is 2. The molecule has 0 aromatic rings. The lowest BCUT2D eigenvalue weighted by Gasteiger charge is -2.19. The van der Waals surface area contributed by atoms with Gasteiger partial charge in [-0.05, 0) is 38.5 Å². The Balaban J connectivity index is 4.10. The first kappa shape index (κ1) is 47.8. The van der Waals surface area contributed by atoms with Crippen LogP contribution in [0.5, 0.6) is 0 Å². The first-order chi connectivity index (χ1) is 23.8. The highest BCUT2D eigenvalue weighted by atomic mass is 31.2. The molecule has 0 rings (SSSR count). The molecule has 0 aliphatic rings. The number of allylic oxidation sites excluding steroid dienone is 2. The summed E-state index contributed by atoms with van der Waals surface area (Å²) in [6.07, 6.45) is 35.3. The molecule has 3 N–H and O–H groups in total. The molecule has 1 unspecified atom stereocenters. The van der Waals surface area contributed by atoms with Gasteiger partial charge in [0.2, 0.25) is 0 Å². The number of esters is 2. The molecule has 9 nitrogen and oxygen atoms in total. The van der Waals surface area contributed by atoms with E-state index in [1.54, 1.807) is 0 Å².